The molecule has 1 amide bonds. The molecule has 1 aliphatic rings. The Morgan fingerprint density at radius 3 is 2.23 bits per heavy atom. The van der Waals surface area contributed by atoms with E-state index in [0.29, 0.717) is 5.56 Å². The topological polar surface area (TPSA) is 139 Å². The number of carbonyl (C=O) groups excluding carboxylic acids is 2. The van der Waals surface area contributed by atoms with Crippen molar-refractivity contribution >= 4 is 44.0 Å². The molecule has 12 heteroatoms. The highest BCUT2D eigenvalue weighted by atomic mass is 79.9. The number of hydrogen-bond donors (Lipinski definition) is 2. The number of carboxylic acid groups (broad SMARTS) is 1. The number of carboxylic acids is 1. The second-order valence-corrected chi connectivity index (χ2v) is 13.5. The lowest BCUT2D eigenvalue weighted by Gasteiger charge is -2.31. The van der Waals surface area contributed by atoms with Gasteiger partial charge in [-0.2, -0.15) is 4.31 Å². The molecular formula is C28H35BrN2O8S. The zero-order chi connectivity index (χ0) is 29.8. The first kappa shape index (κ1) is 31.6. The van der Waals surface area contributed by atoms with Crippen molar-refractivity contribution in [3.63, 3.8) is 0 Å². The van der Waals surface area contributed by atoms with Gasteiger partial charge in [0.2, 0.25) is 10.0 Å². The number of aliphatic carboxylic acids is 1. The van der Waals surface area contributed by atoms with Crippen LogP contribution in [0.1, 0.15) is 51.3 Å². The molecule has 0 aromatic heterocycles. The SMILES string of the molecule is CCOC(=O)C[C@@H]1[C@@H]([C@@H](NC(=O)OC(C)(C)C)c2ccc(Br)cc2)CN(S(=O)(=O)c2ccc(C)cc2)[C@@H]1C(=O)O. The summed E-state index contributed by atoms with van der Waals surface area (Å²) in [6, 6.07) is 10.6. The zero-order valence-corrected chi connectivity index (χ0v) is 25.5. The van der Waals surface area contributed by atoms with E-state index >= 15 is 0 Å². The van der Waals surface area contributed by atoms with Gasteiger partial charge in [0, 0.05) is 22.9 Å². The minimum absolute atomic E-state index is 0.0693. The van der Waals surface area contributed by atoms with E-state index in [1.54, 1.807) is 64.1 Å². The van der Waals surface area contributed by atoms with Crippen LogP contribution in [0.5, 0.6) is 0 Å². The molecule has 2 N–H and O–H groups in total. The third-order valence-electron chi connectivity index (χ3n) is 6.57. The summed E-state index contributed by atoms with van der Waals surface area (Å²) in [5, 5.41) is 13.1. The Hall–Kier alpha value is -2.96. The van der Waals surface area contributed by atoms with Gasteiger partial charge in [0.1, 0.15) is 11.6 Å². The van der Waals surface area contributed by atoms with Crippen LogP contribution in [0, 0.1) is 18.8 Å². The fourth-order valence-electron chi connectivity index (χ4n) is 4.87. The Balaban J connectivity index is 2.15. The minimum Gasteiger partial charge on any atom is -0.480 e. The highest BCUT2D eigenvalue weighted by molar-refractivity contribution is 9.10. The van der Waals surface area contributed by atoms with E-state index in [4.69, 9.17) is 9.47 Å². The number of aryl methyl sites for hydroxylation is 1. The van der Waals surface area contributed by atoms with E-state index in [2.05, 4.69) is 21.2 Å². The normalized spacial score (nSPS) is 20.5. The van der Waals surface area contributed by atoms with Gasteiger partial charge < -0.3 is 19.9 Å². The maximum atomic E-state index is 13.8. The summed E-state index contributed by atoms with van der Waals surface area (Å²) < 4.78 is 39.9. The quantitative estimate of drug-likeness (QED) is 0.378. The number of rotatable bonds is 9. The molecule has 0 spiro atoms. The number of hydrogen-bond acceptors (Lipinski definition) is 7. The van der Waals surface area contributed by atoms with Crippen molar-refractivity contribution < 1.29 is 37.4 Å². The number of nitrogens with zero attached hydrogens (tertiary/aromatic N) is 1. The molecular weight excluding hydrogens is 604 g/mol. The Kier molecular flexibility index (Phi) is 10.0. The molecule has 3 rings (SSSR count). The van der Waals surface area contributed by atoms with E-state index in [1.807, 2.05) is 6.92 Å². The molecule has 1 heterocycles. The number of carbonyl (C=O) groups is 3. The molecule has 218 valence electrons. The first-order valence-electron chi connectivity index (χ1n) is 12.9. The number of esters is 1. The van der Waals surface area contributed by atoms with Crippen molar-refractivity contribution in [2.75, 3.05) is 13.2 Å². The number of sulfonamides is 1. The molecule has 0 aliphatic carbocycles. The van der Waals surface area contributed by atoms with Gasteiger partial charge >= 0.3 is 18.0 Å². The van der Waals surface area contributed by atoms with Crippen molar-refractivity contribution in [3.05, 3.63) is 64.1 Å². The van der Waals surface area contributed by atoms with E-state index in [9.17, 15) is 27.9 Å². The van der Waals surface area contributed by atoms with Gasteiger partial charge in [-0.05, 0) is 64.4 Å². The average Bonchev–Trinajstić information content (AvgIpc) is 3.22. The van der Waals surface area contributed by atoms with Gasteiger partial charge in [-0.3, -0.25) is 9.59 Å². The molecule has 10 nitrogen and oxygen atoms in total. The number of nitrogens with one attached hydrogen (secondary N) is 1. The van der Waals surface area contributed by atoms with Crippen molar-refractivity contribution in [1.82, 2.24) is 9.62 Å². The molecule has 0 unspecified atom stereocenters. The van der Waals surface area contributed by atoms with Crippen molar-refractivity contribution in [2.45, 2.75) is 63.6 Å². The summed E-state index contributed by atoms with van der Waals surface area (Å²) in [5.41, 5.74) is 0.607. The third-order valence-corrected chi connectivity index (χ3v) is 8.96. The summed E-state index contributed by atoms with van der Waals surface area (Å²) in [7, 11) is -4.29. The fourth-order valence-corrected chi connectivity index (χ4v) is 6.80. The number of amides is 1. The molecule has 0 bridgehead atoms. The van der Waals surface area contributed by atoms with E-state index in [0.717, 1.165) is 14.3 Å². The highest BCUT2D eigenvalue weighted by Gasteiger charge is 2.54. The van der Waals surface area contributed by atoms with Gasteiger partial charge in [0.25, 0.3) is 0 Å². The first-order valence-corrected chi connectivity index (χ1v) is 15.1. The second-order valence-electron chi connectivity index (χ2n) is 10.7. The Morgan fingerprint density at radius 2 is 1.70 bits per heavy atom. The van der Waals surface area contributed by atoms with Crippen LogP contribution in [0.15, 0.2) is 57.9 Å². The molecule has 4 atom stereocenters. The number of alkyl carbamates (subject to hydrolysis) is 1. The smallest absolute Gasteiger partial charge is 0.408 e. The van der Waals surface area contributed by atoms with Gasteiger partial charge in [-0.15, -0.1) is 0 Å². The Morgan fingerprint density at radius 1 is 1.10 bits per heavy atom. The monoisotopic (exact) mass is 638 g/mol. The number of benzene rings is 2. The predicted molar refractivity (Wildman–Crippen MR) is 151 cm³/mol. The summed E-state index contributed by atoms with van der Waals surface area (Å²) in [6.07, 6.45) is -1.12. The van der Waals surface area contributed by atoms with Crippen LogP contribution in [0.2, 0.25) is 0 Å². The lowest BCUT2D eigenvalue weighted by Crippen LogP contribution is -2.44. The molecule has 1 saturated heterocycles. The molecule has 40 heavy (non-hydrogen) atoms. The van der Waals surface area contributed by atoms with Gasteiger partial charge in [-0.1, -0.05) is 45.8 Å². The molecule has 0 saturated carbocycles. The van der Waals surface area contributed by atoms with Gasteiger partial charge in [0.05, 0.1) is 24.0 Å². The van der Waals surface area contributed by atoms with Gasteiger partial charge in [0.15, 0.2) is 0 Å². The van der Waals surface area contributed by atoms with Crippen molar-refractivity contribution in [3.8, 4) is 0 Å². The van der Waals surface area contributed by atoms with Crippen molar-refractivity contribution in [1.29, 1.82) is 0 Å². The standard InChI is InChI=1S/C28H35BrN2O8S/c1-6-38-23(32)15-21-22(24(18-9-11-19(29)12-10-18)30-27(35)39-28(3,4)5)16-31(25(21)26(33)34)40(36,37)20-13-7-17(2)8-14-20/h7-14,21-22,24-25H,6,15-16H2,1-5H3,(H,30,35)(H,33,34)/t21-,22+,24+,25+/m1/s1. The zero-order valence-electron chi connectivity index (χ0n) is 23.1. The molecule has 1 fully saturated rings. The third kappa shape index (κ3) is 7.61. The maximum absolute atomic E-state index is 13.8. The largest absolute Gasteiger partial charge is 0.480 e. The minimum atomic E-state index is -4.29. The lowest BCUT2D eigenvalue weighted by atomic mass is 9.80. The van der Waals surface area contributed by atoms with Gasteiger partial charge in [-0.25, -0.2) is 13.2 Å². The first-order chi connectivity index (χ1) is 18.6. The summed E-state index contributed by atoms with van der Waals surface area (Å²) in [4.78, 5) is 38.3. The molecule has 2 aromatic carbocycles. The molecule has 1 aliphatic heterocycles. The van der Waals surface area contributed by atoms with Crippen LogP contribution in [0.3, 0.4) is 0 Å². The summed E-state index contributed by atoms with van der Waals surface area (Å²) in [5.74, 6) is -3.91. The van der Waals surface area contributed by atoms with Crippen LogP contribution in [0.25, 0.3) is 0 Å². The van der Waals surface area contributed by atoms with Crippen LogP contribution in [-0.2, 0) is 29.1 Å². The lowest BCUT2D eigenvalue weighted by molar-refractivity contribution is -0.146. The van der Waals surface area contributed by atoms with E-state index in [1.165, 1.54) is 12.1 Å². The number of ether oxygens (including phenoxy) is 2. The molecule has 0 radical (unpaired) electrons. The van der Waals surface area contributed by atoms with Crippen LogP contribution >= 0.6 is 15.9 Å². The van der Waals surface area contributed by atoms with Crippen LogP contribution in [0.4, 0.5) is 4.79 Å². The van der Waals surface area contributed by atoms with Crippen LogP contribution < -0.4 is 5.32 Å². The average molecular weight is 640 g/mol. The highest BCUT2D eigenvalue weighted by Crippen LogP contribution is 2.43. The molecule has 2 aromatic rings. The Bertz CT molecular complexity index is 1320. The fraction of sp³-hybridized carbons (Fsp3) is 0.464. The van der Waals surface area contributed by atoms with E-state index < -0.39 is 57.6 Å². The maximum Gasteiger partial charge on any atom is 0.408 e. The summed E-state index contributed by atoms with van der Waals surface area (Å²) in [6.45, 7) is 8.36. The van der Waals surface area contributed by atoms with Crippen molar-refractivity contribution in [2.24, 2.45) is 11.8 Å². The van der Waals surface area contributed by atoms with E-state index in [-0.39, 0.29) is 24.5 Å². The van der Waals surface area contributed by atoms with Crippen LogP contribution in [-0.4, -0.2) is 60.7 Å². The Labute approximate surface area is 243 Å². The second kappa shape index (κ2) is 12.7. The predicted octanol–water partition coefficient (Wildman–Crippen LogP) is 4.67. The number of halogens is 1. The summed E-state index contributed by atoms with van der Waals surface area (Å²) >= 11 is 3.39.